The van der Waals surface area contributed by atoms with Crippen LogP contribution in [0.2, 0.25) is 15.6 Å². The van der Waals surface area contributed by atoms with Crippen LogP contribution in [0.15, 0.2) is 24.3 Å². The normalized spacial score (nSPS) is 10.3. The van der Waals surface area contributed by atoms with Crippen molar-refractivity contribution in [2.75, 3.05) is 0 Å². The van der Waals surface area contributed by atoms with Gasteiger partial charge in [-0.3, -0.25) is 0 Å². The van der Waals surface area contributed by atoms with Gasteiger partial charge in [-0.05, 0) is 35.3 Å². The molecule has 0 atom stereocenters. The van der Waals surface area contributed by atoms with Crippen LogP contribution in [0.3, 0.4) is 0 Å². The van der Waals surface area contributed by atoms with E-state index in [2.05, 4.69) is 15.0 Å². The zero-order valence-electron chi connectivity index (χ0n) is 7.28. The molecule has 15 heavy (non-hydrogen) atoms. The summed E-state index contributed by atoms with van der Waals surface area (Å²) in [6.07, 6.45) is 0. The number of hydrogen-bond acceptors (Lipinski definition) is 3. The fourth-order valence-corrected chi connectivity index (χ4v) is 1.67. The summed E-state index contributed by atoms with van der Waals surface area (Å²) in [4.78, 5) is 11.5. The molecular formula is C9H4Cl3N3. The smallest absolute Gasteiger partial charge is 0.198 e. The minimum absolute atomic E-state index is 0.0462. The van der Waals surface area contributed by atoms with Crippen molar-refractivity contribution in [1.82, 2.24) is 15.0 Å². The summed E-state index contributed by atoms with van der Waals surface area (Å²) in [5, 5.41) is 0.630. The molecule has 1 aromatic heterocycles. The molecule has 2 aromatic rings. The third-order valence-corrected chi connectivity index (χ3v) is 2.36. The maximum Gasteiger partial charge on any atom is 0.227 e. The van der Waals surface area contributed by atoms with Gasteiger partial charge in [-0.2, -0.15) is 15.0 Å². The van der Waals surface area contributed by atoms with Gasteiger partial charge in [-0.25, -0.2) is 0 Å². The van der Waals surface area contributed by atoms with E-state index in [1.807, 2.05) is 12.1 Å². The molecule has 6 heteroatoms. The number of nitrogens with zero attached hydrogens (tertiary/aromatic N) is 3. The maximum absolute atomic E-state index is 5.98. The highest BCUT2D eigenvalue weighted by atomic mass is 35.5. The molecule has 3 nitrogen and oxygen atoms in total. The van der Waals surface area contributed by atoms with Crippen molar-refractivity contribution < 1.29 is 0 Å². The zero-order chi connectivity index (χ0) is 10.8. The van der Waals surface area contributed by atoms with Gasteiger partial charge in [0.1, 0.15) is 0 Å². The third-order valence-electron chi connectivity index (χ3n) is 1.70. The van der Waals surface area contributed by atoms with Gasteiger partial charge in [0.2, 0.25) is 10.6 Å². The molecule has 1 heterocycles. The average Bonchev–Trinajstić information content (AvgIpc) is 2.16. The molecule has 0 fully saturated rings. The average molecular weight is 261 g/mol. The molecule has 0 spiro atoms. The Morgan fingerprint density at radius 1 is 0.800 bits per heavy atom. The van der Waals surface area contributed by atoms with Crippen molar-refractivity contribution in [3.8, 4) is 11.4 Å². The first-order chi connectivity index (χ1) is 7.16. The van der Waals surface area contributed by atoms with Crippen LogP contribution < -0.4 is 0 Å². The van der Waals surface area contributed by atoms with Gasteiger partial charge < -0.3 is 0 Å². The topological polar surface area (TPSA) is 38.7 Å². The van der Waals surface area contributed by atoms with Crippen LogP contribution in [0.1, 0.15) is 0 Å². The molecule has 0 aliphatic rings. The van der Waals surface area contributed by atoms with Crippen molar-refractivity contribution in [1.29, 1.82) is 0 Å². The predicted molar refractivity (Wildman–Crippen MR) is 60.3 cm³/mol. The van der Waals surface area contributed by atoms with Crippen LogP contribution in [0.25, 0.3) is 11.4 Å². The van der Waals surface area contributed by atoms with E-state index in [1.54, 1.807) is 12.1 Å². The van der Waals surface area contributed by atoms with Gasteiger partial charge in [0.25, 0.3) is 0 Å². The highest BCUT2D eigenvalue weighted by Gasteiger charge is 2.08. The summed E-state index contributed by atoms with van der Waals surface area (Å²) in [5.41, 5.74) is 0.672. The van der Waals surface area contributed by atoms with Crippen LogP contribution in [-0.4, -0.2) is 15.0 Å². The molecular weight excluding hydrogens is 256 g/mol. The Balaban J connectivity index is 2.59. The van der Waals surface area contributed by atoms with Crippen LogP contribution in [0, 0.1) is 0 Å². The van der Waals surface area contributed by atoms with Crippen molar-refractivity contribution in [3.05, 3.63) is 39.9 Å². The largest absolute Gasteiger partial charge is 0.227 e. The summed E-state index contributed by atoms with van der Waals surface area (Å²) < 4.78 is 0. The lowest BCUT2D eigenvalue weighted by atomic mass is 10.2. The van der Waals surface area contributed by atoms with Gasteiger partial charge in [0.05, 0.1) is 5.02 Å². The molecule has 1 aromatic carbocycles. The zero-order valence-corrected chi connectivity index (χ0v) is 9.55. The molecule has 0 unspecified atom stereocenters. The Bertz CT molecular complexity index is 481. The first-order valence-electron chi connectivity index (χ1n) is 3.99. The lowest BCUT2D eigenvalue weighted by Gasteiger charge is -2.02. The number of aromatic nitrogens is 3. The molecule has 0 amide bonds. The first-order valence-corrected chi connectivity index (χ1v) is 5.12. The van der Waals surface area contributed by atoms with Crippen LogP contribution in [0.4, 0.5) is 0 Å². The minimum Gasteiger partial charge on any atom is -0.198 e. The van der Waals surface area contributed by atoms with E-state index >= 15 is 0 Å². The fourth-order valence-electron chi connectivity index (χ4n) is 1.09. The van der Waals surface area contributed by atoms with Gasteiger partial charge in [-0.15, -0.1) is 0 Å². The second kappa shape index (κ2) is 4.31. The van der Waals surface area contributed by atoms with Crippen LogP contribution in [-0.2, 0) is 0 Å². The quantitative estimate of drug-likeness (QED) is 0.788. The fraction of sp³-hybridized carbons (Fsp3) is 0. The standard InChI is InChI=1S/C9H4Cl3N3/c10-6-4-2-1-3-5(6)7-13-8(11)15-9(12)14-7/h1-4H. The summed E-state index contributed by atoms with van der Waals surface area (Å²) >= 11 is 17.3. The summed E-state index contributed by atoms with van der Waals surface area (Å²) in [6, 6.07) is 7.16. The van der Waals surface area contributed by atoms with Crippen molar-refractivity contribution >= 4 is 34.8 Å². The van der Waals surface area contributed by atoms with Gasteiger partial charge in [-0.1, -0.05) is 23.7 Å². The Labute approximate surface area is 101 Å². The molecule has 0 radical (unpaired) electrons. The van der Waals surface area contributed by atoms with Crippen molar-refractivity contribution in [2.45, 2.75) is 0 Å². The van der Waals surface area contributed by atoms with Crippen LogP contribution >= 0.6 is 34.8 Å². The lowest BCUT2D eigenvalue weighted by Crippen LogP contribution is -1.93. The number of benzene rings is 1. The van der Waals surface area contributed by atoms with Gasteiger partial charge in [0.15, 0.2) is 5.82 Å². The minimum atomic E-state index is 0.0462. The first kappa shape index (κ1) is 10.6. The maximum atomic E-state index is 5.98. The van der Waals surface area contributed by atoms with Crippen molar-refractivity contribution in [3.63, 3.8) is 0 Å². The van der Waals surface area contributed by atoms with E-state index in [0.29, 0.717) is 16.4 Å². The Morgan fingerprint density at radius 3 is 2.00 bits per heavy atom. The molecule has 2 rings (SSSR count). The highest BCUT2D eigenvalue weighted by molar-refractivity contribution is 6.33. The number of halogens is 3. The number of hydrogen-bond donors (Lipinski definition) is 0. The molecule has 0 N–H and O–H groups in total. The predicted octanol–water partition coefficient (Wildman–Crippen LogP) is 3.50. The van der Waals surface area contributed by atoms with E-state index in [0.717, 1.165) is 0 Å². The summed E-state index contributed by atoms with van der Waals surface area (Å²) in [7, 11) is 0. The van der Waals surface area contributed by atoms with Gasteiger partial charge >= 0.3 is 0 Å². The highest BCUT2D eigenvalue weighted by Crippen LogP contribution is 2.25. The Kier molecular flexibility index (Phi) is 3.05. The van der Waals surface area contributed by atoms with E-state index in [9.17, 15) is 0 Å². The molecule has 0 saturated carbocycles. The molecule has 0 aliphatic heterocycles. The lowest BCUT2D eigenvalue weighted by molar-refractivity contribution is 1.06. The van der Waals surface area contributed by atoms with E-state index in [1.165, 1.54) is 0 Å². The van der Waals surface area contributed by atoms with Crippen molar-refractivity contribution in [2.24, 2.45) is 0 Å². The molecule has 76 valence electrons. The molecule has 0 aliphatic carbocycles. The Hall–Kier alpha value is -0.900. The summed E-state index contributed by atoms with van der Waals surface area (Å²) in [6.45, 7) is 0. The monoisotopic (exact) mass is 259 g/mol. The van der Waals surface area contributed by atoms with Crippen LogP contribution in [0.5, 0.6) is 0 Å². The third kappa shape index (κ3) is 2.37. The van der Waals surface area contributed by atoms with E-state index in [-0.39, 0.29) is 10.6 Å². The second-order valence-corrected chi connectivity index (χ2v) is 3.76. The van der Waals surface area contributed by atoms with Gasteiger partial charge in [0, 0.05) is 5.56 Å². The Morgan fingerprint density at radius 2 is 1.40 bits per heavy atom. The second-order valence-electron chi connectivity index (χ2n) is 2.68. The summed E-state index contributed by atoms with van der Waals surface area (Å²) in [5.74, 6) is 0.366. The SMILES string of the molecule is Clc1nc(Cl)nc(-c2ccccc2Cl)n1. The van der Waals surface area contributed by atoms with E-state index in [4.69, 9.17) is 34.8 Å². The molecule has 0 bridgehead atoms. The number of rotatable bonds is 1. The molecule has 0 saturated heterocycles. The van der Waals surface area contributed by atoms with E-state index < -0.39 is 0 Å².